The smallest absolute Gasteiger partial charge is 0.348 e. The number of imidazole rings is 1. The van der Waals surface area contributed by atoms with Gasteiger partial charge in [-0.25, -0.2) is 15.0 Å². The number of nitrogen functional groups attached to an aromatic ring is 1. The summed E-state index contributed by atoms with van der Waals surface area (Å²) in [4.78, 5) is 25.3. The number of nitrogens with one attached hydrogen (secondary N) is 1. The van der Waals surface area contributed by atoms with Gasteiger partial charge in [0, 0.05) is 20.1 Å². The second-order valence-corrected chi connectivity index (χ2v) is 14.9. The van der Waals surface area contributed by atoms with E-state index in [-0.39, 0.29) is 5.91 Å². The fraction of sp³-hybridized carbons (Fsp3) is 0.778. The van der Waals surface area contributed by atoms with Crippen molar-refractivity contribution in [2.45, 2.75) is 121 Å². The van der Waals surface area contributed by atoms with E-state index in [1.165, 1.54) is 77.0 Å². The number of anilines is 1. The standard InChI is InChI=1S/C27H46N6O4P2S/c1-3-4-5-6-7-8-9-10-11-12-13-14-15-16-21(34)29-17-20-23(37-39(38)40)24(35-2)27(36-20)33-19-32-22-25(28)30-18-31-26(22)33/h18-20,23-24,27H,3-17,38H2,1-2H3,(H2-,28,29,30,31,34)/p+1/t20-,23?,24?,27-/m1/s1. The molecule has 0 radical (unpaired) electrons. The molecule has 0 bridgehead atoms. The van der Waals surface area contributed by atoms with Gasteiger partial charge in [0.2, 0.25) is 5.91 Å². The number of carbonyl (C=O) groups excluding carboxylic acids is 1. The lowest BCUT2D eigenvalue weighted by atomic mass is 10.0. The van der Waals surface area contributed by atoms with Crippen molar-refractivity contribution in [3.63, 3.8) is 0 Å². The molecule has 1 amide bonds. The summed E-state index contributed by atoms with van der Waals surface area (Å²) >= 11 is 5.33. The van der Waals surface area contributed by atoms with Gasteiger partial charge in [0.15, 0.2) is 35.6 Å². The van der Waals surface area contributed by atoms with E-state index in [0.717, 1.165) is 12.8 Å². The molecule has 1 aliphatic heterocycles. The summed E-state index contributed by atoms with van der Waals surface area (Å²) in [5.74, 6) is 0.308. The predicted octanol–water partition coefficient (Wildman–Crippen LogP) is 5.95. The van der Waals surface area contributed by atoms with Crippen LogP contribution in [0.25, 0.3) is 11.2 Å². The molecule has 1 saturated heterocycles. The van der Waals surface area contributed by atoms with Gasteiger partial charge < -0.3 is 20.5 Å². The fourth-order valence-electron chi connectivity index (χ4n) is 5.26. The zero-order valence-corrected chi connectivity index (χ0v) is 26.9. The van der Waals surface area contributed by atoms with Gasteiger partial charge in [-0.1, -0.05) is 84.0 Å². The Balaban J connectivity index is 1.39. The molecule has 6 atom stereocenters. The zero-order valence-electron chi connectivity index (χ0n) is 24.0. The molecule has 10 nitrogen and oxygen atoms in total. The predicted molar refractivity (Wildman–Crippen MR) is 167 cm³/mol. The Bertz CT molecular complexity index is 1060. The maximum absolute atomic E-state index is 12.6. The molecule has 3 heterocycles. The summed E-state index contributed by atoms with van der Waals surface area (Å²) in [6.45, 7) is 1.38. The number of amides is 1. The van der Waals surface area contributed by atoms with Gasteiger partial charge in [0.1, 0.15) is 33.0 Å². The van der Waals surface area contributed by atoms with E-state index >= 15 is 0 Å². The lowest BCUT2D eigenvalue weighted by molar-refractivity contribution is -0.122. The molecule has 2 aromatic heterocycles. The van der Waals surface area contributed by atoms with Crippen LogP contribution in [-0.2, 0) is 30.6 Å². The van der Waals surface area contributed by atoms with Gasteiger partial charge in [-0.05, 0) is 6.42 Å². The first kappa shape index (κ1) is 33.2. The number of hydrogen-bond acceptors (Lipinski definition) is 9. The van der Waals surface area contributed by atoms with E-state index in [4.69, 9.17) is 31.5 Å². The summed E-state index contributed by atoms with van der Waals surface area (Å²) in [6, 6.07) is 0. The average molecular weight is 614 g/mol. The van der Waals surface area contributed by atoms with Gasteiger partial charge in [-0.3, -0.25) is 9.36 Å². The van der Waals surface area contributed by atoms with Crippen molar-refractivity contribution >= 4 is 50.2 Å². The first-order valence-corrected chi connectivity index (χ1v) is 18.6. The number of aromatic nitrogens is 4. The van der Waals surface area contributed by atoms with Crippen molar-refractivity contribution in [2.75, 3.05) is 19.4 Å². The number of rotatable bonds is 20. The molecule has 3 N–H and O–H groups in total. The molecule has 1 aliphatic rings. The van der Waals surface area contributed by atoms with Crippen molar-refractivity contribution < 1.29 is 18.8 Å². The van der Waals surface area contributed by atoms with Crippen LogP contribution >= 0.6 is 15.5 Å². The molecule has 4 unspecified atom stereocenters. The van der Waals surface area contributed by atoms with E-state index < -0.39 is 31.2 Å². The molecule has 13 heteroatoms. The first-order valence-electron chi connectivity index (χ1n) is 14.7. The van der Waals surface area contributed by atoms with Gasteiger partial charge in [-0.2, -0.15) is 4.52 Å². The second kappa shape index (κ2) is 18.2. The summed E-state index contributed by atoms with van der Waals surface area (Å²) in [5.41, 5.74) is 6.99. The topological polar surface area (TPSA) is 126 Å². The molecule has 0 saturated carbocycles. The third-order valence-corrected chi connectivity index (χ3v) is 8.53. The van der Waals surface area contributed by atoms with E-state index in [0.29, 0.717) is 29.9 Å². The van der Waals surface area contributed by atoms with Gasteiger partial charge >= 0.3 is 6.61 Å². The fourth-order valence-corrected chi connectivity index (χ4v) is 6.47. The summed E-state index contributed by atoms with van der Waals surface area (Å²) in [7, 11) is 4.12. The second-order valence-electron chi connectivity index (χ2n) is 10.5. The largest absolute Gasteiger partial charge is 0.382 e. The Morgan fingerprint density at radius 2 is 1.68 bits per heavy atom. The van der Waals surface area contributed by atoms with Gasteiger partial charge in [0.05, 0.1) is 6.33 Å². The van der Waals surface area contributed by atoms with Gasteiger partial charge in [-0.15, -0.1) is 0 Å². The molecule has 0 aromatic carbocycles. The van der Waals surface area contributed by atoms with Crippen LogP contribution in [-0.4, -0.2) is 57.4 Å². The van der Waals surface area contributed by atoms with Crippen LogP contribution in [0.15, 0.2) is 12.7 Å². The Hall–Kier alpha value is -1.35. The minimum atomic E-state index is -1.18. The highest BCUT2D eigenvalue weighted by Crippen LogP contribution is 2.42. The van der Waals surface area contributed by atoms with Crippen LogP contribution in [0, 0.1) is 0 Å². The average Bonchev–Trinajstić information content (AvgIpc) is 3.51. The van der Waals surface area contributed by atoms with Crippen molar-refractivity contribution in [1.29, 1.82) is 0 Å². The summed E-state index contributed by atoms with van der Waals surface area (Å²) < 4.78 is 20.0. The third-order valence-electron chi connectivity index (χ3n) is 7.45. The molecule has 2 aromatic rings. The first-order chi connectivity index (χ1) is 19.5. The van der Waals surface area contributed by atoms with E-state index in [9.17, 15) is 4.79 Å². The van der Waals surface area contributed by atoms with Crippen molar-refractivity contribution in [3.8, 4) is 0 Å². The number of carbonyl (C=O) groups is 1. The number of nitrogens with zero attached hydrogens (tertiary/aromatic N) is 4. The highest BCUT2D eigenvalue weighted by Gasteiger charge is 2.50. The molecular weight excluding hydrogens is 566 g/mol. The Labute approximate surface area is 246 Å². The molecule has 3 rings (SSSR count). The van der Waals surface area contributed by atoms with Crippen molar-refractivity contribution in [3.05, 3.63) is 12.7 Å². The van der Waals surface area contributed by atoms with E-state index in [1.54, 1.807) is 18.0 Å². The zero-order chi connectivity index (χ0) is 28.7. The lowest BCUT2D eigenvalue weighted by Gasteiger charge is -2.20. The molecule has 0 spiro atoms. The number of hydrogen-bond donors (Lipinski definition) is 2. The number of nitrogens with two attached hydrogens (primary N) is 1. The highest BCUT2D eigenvalue weighted by molar-refractivity contribution is 8.31. The van der Waals surface area contributed by atoms with Crippen LogP contribution in [0.1, 0.15) is 103 Å². The Morgan fingerprint density at radius 1 is 1.05 bits per heavy atom. The maximum atomic E-state index is 12.6. The Kier molecular flexibility index (Phi) is 15.1. The van der Waals surface area contributed by atoms with E-state index in [1.807, 2.05) is 0 Å². The quantitative estimate of drug-likeness (QED) is 0.138. The molecule has 1 fully saturated rings. The normalized spacial score (nSPS) is 21.2. The van der Waals surface area contributed by atoms with Crippen molar-refractivity contribution in [1.82, 2.24) is 24.8 Å². The molecule has 40 heavy (non-hydrogen) atoms. The maximum Gasteiger partial charge on any atom is 0.348 e. The van der Waals surface area contributed by atoms with Crippen molar-refractivity contribution in [2.24, 2.45) is 0 Å². The van der Waals surface area contributed by atoms with Crippen LogP contribution in [0.3, 0.4) is 0 Å². The van der Waals surface area contributed by atoms with Crippen LogP contribution in [0.5, 0.6) is 0 Å². The highest BCUT2D eigenvalue weighted by atomic mass is 32.6. The van der Waals surface area contributed by atoms with Crippen LogP contribution in [0.4, 0.5) is 5.82 Å². The monoisotopic (exact) mass is 613 g/mol. The number of ether oxygens (including phenoxy) is 2. The minimum absolute atomic E-state index is 0.0166. The molecular formula is C27H47N6O4P2S+. The molecule has 224 valence electrons. The Morgan fingerprint density at radius 3 is 2.27 bits per heavy atom. The number of unbranched alkanes of at least 4 members (excludes halogenated alkanes) is 12. The molecule has 0 aliphatic carbocycles. The SMILES string of the molecule is CCCCCCCCCCCCCCCC(=O)NC[C@H]1O[C@@H](n2cnc3c(N)ncnc32)C(OC)C1O[P+](P)=S. The number of methoxy groups -OCH3 is 1. The summed E-state index contributed by atoms with van der Waals surface area (Å²) in [6.07, 6.45) is 18.2. The summed E-state index contributed by atoms with van der Waals surface area (Å²) in [5, 5.41) is 3.02. The van der Waals surface area contributed by atoms with Crippen LogP contribution in [0.2, 0.25) is 0 Å². The van der Waals surface area contributed by atoms with E-state index in [2.05, 4.69) is 36.1 Å². The number of fused-ring (bicyclic) bond motifs is 1. The van der Waals surface area contributed by atoms with Gasteiger partial charge in [0.25, 0.3) is 0 Å². The third kappa shape index (κ3) is 10.2. The lowest BCUT2D eigenvalue weighted by Crippen LogP contribution is -2.41. The minimum Gasteiger partial charge on any atom is -0.382 e. The van der Waals surface area contributed by atoms with Crippen LogP contribution < -0.4 is 11.1 Å².